The molecule has 24 heavy (non-hydrogen) atoms. The monoisotopic (exact) mass is 330 g/mol. The van der Waals surface area contributed by atoms with Gasteiger partial charge in [-0.05, 0) is 30.7 Å². The zero-order chi connectivity index (χ0) is 17.5. The lowest BCUT2D eigenvalue weighted by Gasteiger charge is -2.34. The maximum Gasteiger partial charge on any atom is 0.220 e. The Bertz CT molecular complexity index is 544. The summed E-state index contributed by atoms with van der Waals surface area (Å²) >= 11 is 0. The van der Waals surface area contributed by atoms with E-state index in [1.807, 2.05) is 37.3 Å². The van der Waals surface area contributed by atoms with Crippen LogP contribution in [0.25, 0.3) is 0 Å². The average molecular weight is 330 g/mol. The summed E-state index contributed by atoms with van der Waals surface area (Å²) in [6.45, 7) is 6.42. The highest BCUT2D eigenvalue weighted by atomic mass is 16.2. The minimum absolute atomic E-state index is 0.0107. The van der Waals surface area contributed by atoms with E-state index in [2.05, 4.69) is 24.5 Å². The molecule has 0 aromatic heterocycles. The molecule has 0 spiro atoms. The molecule has 1 aromatic carbocycles. The van der Waals surface area contributed by atoms with Gasteiger partial charge in [0.1, 0.15) is 0 Å². The molecule has 4 nitrogen and oxygen atoms in total. The van der Waals surface area contributed by atoms with Crippen molar-refractivity contribution >= 4 is 11.8 Å². The van der Waals surface area contributed by atoms with Crippen molar-refractivity contribution in [2.45, 2.75) is 65.0 Å². The van der Waals surface area contributed by atoms with Gasteiger partial charge >= 0.3 is 0 Å². The second kappa shape index (κ2) is 8.86. The Hall–Kier alpha value is -1.84. The molecule has 2 rings (SSSR count). The van der Waals surface area contributed by atoms with Gasteiger partial charge in [0.2, 0.25) is 11.8 Å². The van der Waals surface area contributed by atoms with Gasteiger partial charge in [0.05, 0.1) is 6.04 Å². The zero-order valence-electron chi connectivity index (χ0n) is 15.0. The fourth-order valence-electron chi connectivity index (χ4n) is 3.43. The van der Waals surface area contributed by atoms with Gasteiger partial charge in [-0.25, -0.2) is 0 Å². The molecular weight excluding hydrogens is 300 g/mol. The minimum Gasteiger partial charge on any atom is -0.353 e. The van der Waals surface area contributed by atoms with Gasteiger partial charge in [-0.1, -0.05) is 57.0 Å². The molecule has 0 radical (unpaired) electrons. The van der Waals surface area contributed by atoms with E-state index in [0.717, 1.165) is 12.0 Å². The van der Waals surface area contributed by atoms with Gasteiger partial charge in [-0.15, -0.1) is 0 Å². The number of hydrogen-bond acceptors (Lipinski definition) is 2. The number of hydrogen-bond donors (Lipinski definition) is 2. The van der Waals surface area contributed by atoms with Crippen LogP contribution in [0.2, 0.25) is 0 Å². The minimum atomic E-state index is -0.0773. The van der Waals surface area contributed by atoms with E-state index in [1.165, 1.54) is 12.8 Å². The Morgan fingerprint density at radius 1 is 1.08 bits per heavy atom. The number of rotatable bonds is 6. The standard InChI is InChI=1S/C20H30N2O2/c1-14-8-7-11-18(15(14)2)22-20(24)13-12-19(23)21-16(3)17-9-5-4-6-10-17/h4-6,9-10,14-16,18H,7-8,11-13H2,1-3H3,(H,21,23)(H,22,24)/t14-,15+,16-,18+/m0/s1. The summed E-state index contributed by atoms with van der Waals surface area (Å²) in [6, 6.07) is 10.1. The fraction of sp³-hybridized carbons (Fsp3) is 0.600. The van der Waals surface area contributed by atoms with E-state index >= 15 is 0 Å². The van der Waals surface area contributed by atoms with Crippen LogP contribution in [0.1, 0.15) is 64.5 Å². The van der Waals surface area contributed by atoms with E-state index < -0.39 is 0 Å². The van der Waals surface area contributed by atoms with Crippen LogP contribution in [0.4, 0.5) is 0 Å². The summed E-state index contributed by atoms with van der Waals surface area (Å²) in [4.78, 5) is 24.2. The average Bonchev–Trinajstić information content (AvgIpc) is 2.58. The molecule has 0 bridgehead atoms. The molecule has 1 aliphatic carbocycles. The number of amides is 2. The summed E-state index contributed by atoms with van der Waals surface area (Å²) in [6.07, 6.45) is 3.96. The smallest absolute Gasteiger partial charge is 0.220 e. The van der Waals surface area contributed by atoms with E-state index in [9.17, 15) is 9.59 Å². The maximum absolute atomic E-state index is 12.1. The number of carbonyl (C=O) groups is 2. The number of benzene rings is 1. The first-order valence-corrected chi connectivity index (χ1v) is 9.11. The van der Waals surface area contributed by atoms with Gasteiger partial charge < -0.3 is 10.6 Å². The second-order valence-corrected chi connectivity index (χ2v) is 7.14. The van der Waals surface area contributed by atoms with Crippen LogP contribution in [-0.4, -0.2) is 17.9 Å². The molecule has 0 heterocycles. The van der Waals surface area contributed by atoms with Crippen LogP contribution in [0.15, 0.2) is 30.3 Å². The summed E-state index contributed by atoms with van der Waals surface area (Å²) in [5, 5.41) is 6.07. The van der Waals surface area contributed by atoms with Gasteiger partial charge in [0, 0.05) is 18.9 Å². The van der Waals surface area contributed by atoms with Crippen molar-refractivity contribution in [3.05, 3.63) is 35.9 Å². The van der Waals surface area contributed by atoms with Crippen molar-refractivity contribution in [2.75, 3.05) is 0 Å². The second-order valence-electron chi connectivity index (χ2n) is 7.14. The maximum atomic E-state index is 12.1. The fourth-order valence-corrected chi connectivity index (χ4v) is 3.43. The molecule has 132 valence electrons. The molecule has 2 N–H and O–H groups in total. The summed E-state index contributed by atoms with van der Waals surface area (Å²) in [5.74, 6) is 1.07. The molecule has 0 unspecified atom stereocenters. The highest BCUT2D eigenvalue weighted by Crippen LogP contribution is 2.29. The topological polar surface area (TPSA) is 58.2 Å². The summed E-state index contributed by atoms with van der Waals surface area (Å²) in [7, 11) is 0. The number of carbonyl (C=O) groups excluding carboxylic acids is 2. The lowest BCUT2D eigenvalue weighted by Crippen LogP contribution is -2.44. The molecule has 1 aromatic rings. The summed E-state index contributed by atoms with van der Waals surface area (Å²) in [5.41, 5.74) is 1.07. The molecular formula is C20H30N2O2. The van der Waals surface area contributed by atoms with Crippen molar-refractivity contribution in [1.82, 2.24) is 10.6 Å². The molecule has 4 heteroatoms. The highest BCUT2D eigenvalue weighted by Gasteiger charge is 2.28. The van der Waals surface area contributed by atoms with E-state index in [1.54, 1.807) is 0 Å². The largest absolute Gasteiger partial charge is 0.353 e. The van der Waals surface area contributed by atoms with Crippen molar-refractivity contribution in [3.8, 4) is 0 Å². The lowest BCUT2D eigenvalue weighted by atomic mass is 9.78. The molecule has 1 saturated carbocycles. The first-order chi connectivity index (χ1) is 11.5. The molecule has 0 aliphatic heterocycles. The summed E-state index contributed by atoms with van der Waals surface area (Å²) < 4.78 is 0. The SMILES string of the molecule is C[C@@H]1[C@@H](C)CCC[C@H]1NC(=O)CCC(=O)N[C@@H](C)c1ccccc1. The first kappa shape index (κ1) is 18.5. The third-order valence-electron chi connectivity index (χ3n) is 5.31. The van der Waals surface area contributed by atoms with Crippen LogP contribution in [0, 0.1) is 11.8 Å². The van der Waals surface area contributed by atoms with Crippen molar-refractivity contribution in [3.63, 3.8) is 0 Å². The van der Waals surface area contributed by atoms with Crippen LogP contribution in [0.5, 0.6) is 0 Å². The van der Waals surface area contributed by atoms with Crippen molar-refractivity contribution < 1.29 is 9.59 Å². The Balaban J connectivity index is 1.72. The predicted molar refractivity (Wildman–Crippen MR) is 96.3 cm³/mol. The van der Waals surface area contributed by atoms with Crippen molar-refractivity contribution in [2.24, 2.45) is 11.8 Å². The molecule has 1 aliphatic rings. The Morgan fingerprint density at radius 2 is 1.75 bits per heavy atom. The van der Waals surface area contributed by atoms with Gasteiger partial charge in [0.25, 0.3) is 0 Å². The Morgan fingerprint density at radius 3 is 2.46 bits per heavy atom. The van der Waals surface area contributed by atoms with Crippen LogP contribution >= 0.6 is 0 Å². The van der Waals surface area contributed by atoms with Gasteiger partial charge in [0.15, 0.2) is 0 Å². The van der Waals surface area contributed by atoms with E-state index in [0.29, 0.717) is 11.8 Å². The normalized spacial score (nSPS) is 24.9. The molecule has 4 atom stereocenters. The molecule has 0 saturated heterocycles. The highest BCUT2D eigenvalue weighted by molar-refractivity contribution is 5.84. The van der Waals surface area contributed by atoms with Crippen LogP contribution in [-0.2, 0) is 9.59 Å². The Labute approximate surface area is 145 Å². The van der Waals surface area contributed by atoms with Crippen molar-refractivity contribution in [1.29, 1.82) is 0 Å². The lowest BCUT2D eigenvalue weighted by molar-refractivity contribution is -0.127. The van der Waals surface area contributed by atoms with E-state index in [-0.39, 0.29) is 36.7 Å². The molecule has 2 amide bonds. The quantitative estimate of drug-likeness (QED) is 0.837. The number of nitrogens with one attached hydrogen (secondary N) is 2. The first-order valence-electron chi connectivity index (χ1n) is 9.11. The Kier molecular flexibility index (Phi) is 6.83. The third kappa shape index (κ3) is 5.36. The predicted octanol–water partition coefficient (Wildman–Crippen LogP) is 3.58. The van der Waals surface area contributed by atoms with Gasteiger partial charge in [-0.3, -0.25) is 9.59 Å². The van der Waals surface area contributed by atoms with Gasteiger partial charge in [-0.2, -0.15) is 0 Å². The third-order valence-corrected chi connectivity index (χ3v) is 5.31. The van der Waals surface area contributed by atoms with Crippen LogP contribution < -0.4 is 10.6 Å². The molecule has 1 fully saturated rings. The van der Waals surface area contributed by atoms with E-state index in [4.69, 9.17) is 0 Å². The zero-order valence-corrected chi connectivity index (χ0v) is 15.0. The van der Waals surface area contributed by atoms with Crippen LogP contribution in [0.3, 0.4) is 0 Å².